The van der Waals surface area contributed by atoms with E-state index in [-0.39, 0.29) is 22.1 Å². The van der Waals surface area contributed by atoms with Crippen LogP contribution in [0.15, 0.2) is 0 Å². The summed E-state index contributed by atoms with van der Waals surface area (Å²) in [5.41, 5.74) is 0.863. The fourth-order valence-electron chi connectivity index (χ4n) is 2.81. The van der Waals surface area contributed by atoms with Gasteiger partial charge in [0.2, 0.25) is 5.28 Å². The van der Waals surface area contributed by atoms with E-state index in [0.29, 0.717) is 19.8 Å². The van der Waals surface area contributed by atoms with Gasteiger partial charge < -0.3 is 14.4 Å². The van der Waals surface area contributed by atoms with Gasteiger partial charge in [-0.15, -0.1) is 0 Å². The number of rotatable bonds is 2. The van der Waals surface area contributed by atoms with Crippen molar-refractivity contribution in [2.45, 2.75) is 37.6 Å². The topological polar surface area (TPSA) is 47.5 Å². The summed E-state index contributed by atoms with van der Waals surface area (Å²) in [6.07, 6.45) is 2.06. The molecule has 116 valence electrons. The van der Waals surface area contributed by atoms with Gasteiger partial charge in [0.15, 0.2) is 11.6 Å². The molecule has 1 aromatic heterocycles. The monoisotopic (exact) mass is 329 g/mol. The number of nitrogens with zero attached hydrogens (tertiary/aromatic N) is 3. The highest BCUT2D eigenvalue weighted by atomic mass is 35.5. The van der Waals surface area contributed by atoms with Crippen LogP contribution >= 0.6 is 23.4 Å². The van der Waals surface area contributed by atoms with Crippen LogP contribution in [0.25, 0.3) is 0 Å². The van der Waals surface area contributed by atoms with Gasteiger partial charge in [-0.05, 0) is 38.6 Å². The number of anilines is 1. The number of aromatic nitrogens is 2. The third kappa shape index (κ3) is 2.58. The van der Waals surface area contributed by atoms with Gasteiger partial charge >= 0.3 is 0 Å². The number of morpholine rings is 1. The van der Waals surface area contributed by atoms with Crippen molar-refractivity contribution in [2.24, 2.45) is 0 Å². The van der Waals surface area contributed by atoms with Gasteiger partial charge in [0.25, 0.3) is 0 Å². The molecule has 1 saturated heterocycles. The summed E-state index contributed by atoms with van der Waals surface area (Å²) < 4.78 is 11.4. The Morgan fingerprint density at radius 2 is 2.05 bits per heavy atom. The fraction of sp³-hybridized carbons (Fsp3) is 0.714. The molecule has 1 aromatic rings. The first-order chi connectivity index (χ1) is 9.94. The zero-order valence-corrected chi connectivity index (χ0v) is 14.3. The minimum Gasteiger partial charge on any atom is -0.486 e. The Morgan fingerprint density at radius 3 is 2.76 bits per heavy atom. The van der Waals surface area contributed by atoms with E-state index in [2.05, 4.69) is 41.9 Å². The molecule has 0 bridgehead atoms. The average molecular weight is 330 g/mol. The molecule has 0 spiro atoms. The number of hydrogen-bond acceptors (Lipinski definition) is 6. The van der Waals surface area contributed by atoms with E-state index in [1.807, 2.05) is 0 Å². The highest BCUT2D eigenvalue weighted by Crippen LogP contribution is 2.45. The van der Waals surface area contributed by atoms with Gasteiger partial charge in [0.1, 0.15) is 12.3 Å². The van der Waals surface area contributed by atoms with E-state index in [1.165, 1.54) is 0 Å². The van der Waals surface area contributed by atoms with E-state index in [1.54, 1.807) is 11.8 Å². The molecule has 0 N–H and O–H groups in total. The lowest BCUT2D eigenvalue weighted by Crippen LogP contribution is -2.56. The molecule has 1 fully saturated rings. The molecular weight excluding hydrogens is 310 g/mol. The summed E-state index contributed by atoms with van der Waals surface area (Å²) in [5.74, 6) is 1.57. The summed E-state index contributed by atoms with van der Waals surface area (Å²) in [6, 6.07) is 0.445. The number of ether oxygens (including phenoxy) is 2. The number of halogens is 1. The Balaban J connectivity index is 2.13. The van der Waals surface area contributed by atoms with Crippen molar-refractivity contribution in [3.05, 3.63) is 11.0 Å². The standard InChI is InChI=1S/C14H20ClN3O2S/c1-8-5-19-6-9-7-20-10-11(14(2,3)21-4)16-13(15)17-12(10)18(8)9/h8-9H,5-7H2,1-4H3/t8-,9?/m1/s1. The van der Waals surface area contributed by atoms with Crippen LogP contribution in [-0.2, 0) is 9.48 Å². The van der Waals surface area contributed by atoms with Crippen LogP contribution in [0.2, 0.25) is 5.28 Å². The highest BCUT2D eigenvalue weighted by molar-refractivity contribution is 7.99. The second kappa shape index (κ2) is 5.48. The normalized spacial score (nSPS) is 25.1. The van der Waals surface area contributed by atoms with Crippen molar-refractivity contribution >= 4 is 29.2 Å². The van der Waals surface area contributed by atoms with Crippen LogP contribution in [0.4, 0.5) is 5.82 Å². The van der Waals surface area contributed by atoms with E-state index < -0.39 is 0 Å². The summed E-state index contributed by atoms with van der Waals surface area (Å²) in [5, 5.41) is 0.272. The van der Waals surface area contributed by atoms with Crippen LogP contribution in [0.3, 0.4) is 0 Å². The average Bonchev–Trinajstić information content (AvgIpc) is 2.46. The molecule has 5 nitrogen and oxygen atoms in total. The Labute approximate surface area is 134 Å². The minimum absolute atomic E-state index is 0.182. The Kier molecular flexibility index (Phi) is 3.96. The van der Waals surface area contributed by atoms with E-state index >= 15 is 0 Å². The molecule has 2 aliphatic heterocycles. The lowest BCUT2D eigenvalue weighted by Gasteiger charge is -2.45. The zero-order valence-electron chi connectivity index (χ0n) is 12.7. The molecule has 2 atom stereocenters. The van der Waals surface area contributed by atoms with Crippen LogP contribution in [0.1, 0.15) is 26.5 Å². The minimum atomic E-state index is -0.182. The van der Waals surface area contributed by atoms with Crippen molar-refractivity contribution in [3.63, 3.8) is 0 Å². The molecule has 7 heteroatoms. The molecule has 0 aromatic carbocycles. The molecule has 0 amide bonds. The predicted octanol–water partition coefficient (Wildman–Crippen LogP) is 2.71. The van der Waals surface area contributed by atoms with Gasteiger partial charge in [-0.3, -0.25) is 0 Å². The van der Waals surface area contributed by atoms with Gasteiger partial charge in [0, 0.05) is 0 Å². The number of thioether (sulfide) groups is 1. The van der Waals surface area contributed by atoms with Crippen LogP contribution in [0, 0.1) is 0 Å². The van der Waals surface area contributed by atoms with Crippen LogP contribution in [-0.4, -0.2) is 48.1 Å². The predicted molar refractivity (Wildman–Crippen MR) is 85.6 cm³/mol. The van der Waals surface area contributed by atoms with Crippen molar-refractivity contribution in [1.29, 1.82) is 0 Å². The number of fused-ring (bicyclic) bond motifs is 3. The smallest absolute Gasteiger partial charge is 0.224 e. The Hall–Kier alpha value is -0.720. The largest absolute Gasteiger partial charge is 0.486 e. The summed E-state index contributed by atoms with van der Waals surface area (Å²) in [7, 11) is 0. The molecule has 1 unspecified atom stereocenters. The maximum atomic E-state index is 6.18. The second-order valence-electron chi connectivity index (χ2n) is 5.97. The molecule has 0 radical (unpaired) electrons. The Bertz CT molecular complexity index is 555. The van der Waals surface area contributed by atoms with Gasteiger partial charge in [-0.2, -0.15) is 16.7 Å². The molecule has 3 heterocycles. The maximum absolute atomic E-state index is 6.18. The van der Waals surface area contributed by atoms with E-state index in [4.69, 9.17) is 21.1 Å². The van der Waals surface area contributed by atoms with Gasteiger partial charge in [0.05, 0.1) is 30.0 Å². The highest BCUT2D eigenvalue weighted by Gasteiger charge is 2.40. The third-order valence-corrected chi connectivity index (χ3v) is 5.49. The maximum Gasteiger partial charge on any atom is 0.224 e. The first kappa shape index (κ1) is 15.2. The molecule has 21 heavy (non-hydrogen) atoms. The molecule has 2 aliphatic rings. The number of hydrogen-bond donors (Lipinski definition) is 0. The van der Waals surface area contributed by atoms with Crippen molar-refractivity contribution in [3.8, 4) is 5.75 Å². The first-order valence-corrected chi connectivity index (χ1v) is 8.66. The second-order valence-corrected chi connectivity index (χ2v) is 7.73. The summed E-state index contributed by atoms with van der Waals surface area (Å²) >= 11 is 7.90. The van der Waals surface area contributed by atoms with Crippen molar-refractivity contribution < 1.29 is 9.47 Å². The molecule has 0 aliphatic carbocycles. The molecule has 0 saturated carbocycles. The van der Waals surface area contributed by atoms with Crippen molar-refractivity contribution in [1.82, 2.24) is 9.97 Å². The lowest BCUT2D eigenvalue weighted by molar-refractivity contribution is 0.0482. The zero-order chi connectivity index (χ0) is 15.2. The van der Waals surface area contributed by atoms with Crippen LogP contribution < -0.4 is 9.64 Å². The Morgan fingerprint density at radius 1 is 1.29 bits per heavy atom. The quantitative estimate of drug-likeness (QED) is 0.777. The third-order valence-electron chi connectivity index (χ3n) is 4.10. The van der Waals surface area contributed by atoms with E-state index in [0.717, 1.165) is 17.3 Å². The SMILES string of the molecule is CSC(C)(C)c1nc(Cl)nc2c1OCC1COC[C@@H](C)N21. The summed E-state index contributed by atoms with van der Waals surface area (Å²) in [6.45, 7) is 8.32. The lowest BCUT2D eigenvalue weighted by atomic mass is 10.0. The fourth-order valence-corrected chi connectivity index (χ4v) is 3.31. The molecular formula is C14H20ClN3O2S. The van der Waals surface area contributed by atoms with Crippen LogP contribution in [0.5, 0.6) is 5.75 Å². The van der Waals surface area contributed by atoms with Crippen molar-refractivity contribution in [2.75, 3.05) is 31.0 Å². The van der Waals surface area contributed by atoms with E-state index in [9.17, 15) is 0 Å². The van der Waals surface area contributed by atoms with Gasteiger partial charge in [-0.1, -0.05) is 0 Å². The summed E-state index contributed by atoms with van der Waals surface area (Å²) in [4.78, 5) is 11.2. The van der Waals surface area contributed by atoms with Gasteiger partial charge in [-0.25, -0.2) is 4.98 Å². The first-order valence-electron chi connectivity index (χ1n) is 7.06. The molecule has 3 rings (SSSR count).